The fraction of sp³-hybridized carbons (Fsp3) is 0.333. The molecule has 0 aliphatic heterocycles. The van der Waals surface area contributed by atoms with Crippen molar-refractivity contribution in [2.45, 2.75) is 25.7 Å². The smallest absolute Gasteiger partial charge is 0.120 e. The van der Waals surface area contributed by atoms with Gasteiger partial charge >= 0.3 is 0 Å². The number of hydrogen-bond donors (Lipinski definition) is 0. The molecule has 2 heteroatoms. The molecule has 0 unspecified atom stereocenters. The predicted octanol–water partition coefficient (Wildman–Crippen LogP) is 2.64. The highest BCUT2D eigenvalue weighted by Gasteiger charge is 2.04. The SMILES string of the molecule is C[C@H](CCC=O)c1ccc(C#N)cc1. The molecule has 0 saturated carbocycles. The second kappa shape index (κ2) is 5.18. The maximum absolute atomic E-state index is 10.2. The first-order valence-electron chi connectivity index (χ1n) is 4.71. The summed E-state index contributed by atoms with van der Waals surface area (Å²) in [5, 5.41) is 8.61. The lowest BCUT2D eigenvalue weighted by Crippen LogP contribution is -1.93. The highest BCUT2D eigenvalue weighted by molar-refractivity contribution is 5.49. The van der Waals surface area contributed by atoms with E-state index in [-0.39, 0.29) is 0 Å². The fourth-order valence-electron chi connectivity index (χ4n) is 1.37. The van der Waals surface area contributed by atoms with E-state index in [1.165, 1.54) is 5.56 Å². The number of carbonyl (C=O) groups excluding carboxylic acids is 1. The molecule has 0 aliphatic rings. The van der Waals surface area contributed by atoms with Gasteiger partial charge in [0.2, 0.25) is 0 Å². The minimum Gasteiger partial charge on any atom is -0.303 e. The first kappa shape index (κ1) is 10.5. The predicted molar refractivity (Wildman–Crippen MR) is 54.9 cm³/mol. The second-order valence-electron chi connectivity index (χ2n) is 3.38. The number of rotatable bonds is 4. The summed E-state index contributed by atoms with van der Waals surface area (Å²) in [6, 6.07) is 9.61. The zero-order valence-corrected chi connectivity index (χ0v) is 8.23. The van der Waals surface area contributed by atoms with Crippen molar-refractivity contribution in [3.63, 3.8) is 0 Å². The number of nitriles is 1. The van der Waals surface area contributed by atoms with Gasteiger partial charge < -0.3 is 4.79 Å². The number of nitrogens with zero attached hydrogens (tertiary/aromatic N) is 1. The highest BCUT2D eigenvalue weighted by atomic mass is 16.1. The molecule has 1 aromatic rings. The molecule has 2 nitrogen and oxygen atoms in total. The van der Waals surface area contributed by atoms with E-state index in [1.807, 2.05) is 24.3 Å². The molecule has 1 atom stereocenters. The van der Waals surface area contributed by atoms with Crippen molar-refractivity contribution in [3.8, 4) is 6.07 Å². The van der Waals surface area contributed by atoms with Crippen molar-refractivity contribution in [2.75, 3.05) is 0 Å². The standard InChI is InChI=1S/C12H13NO/c1-10(3-2-8-14)12-6-4-11(9-13)5-7-12/h4-8,10H,2-3H2,1H3/t10-/m1/s1. The first-order chi connectivity index (χ1) is 6.77. The Morgan fingerprint density at radius 2 is 2.07 bits per heavy atom. The zero-order chi connectivity index (χ0) is 10.4. The molecular weight excluding hydrogens is 174 g/mol. The Hall–Kier alpha value is -1.62. The molecule has 0 bridgehead atoms. The van der Waals surface area contributed by atoms with Crippen LogP contribution in [0.1, 0.15) is 36.8 Å². The average Bonchev–Trinajstić information content (AvgIpc) is 2.26. The lowest BCUT2D eigenvalue weighted by atomic mass is 9.96. The van der Waals surface area contributed by atoms with E-state index in [2.05, 4.69) is 13.0 Å². The van der Waals surface area contributed by atoms with Crippen molar-refractivity contribution in [2.24, 2.45) is 0 Å². The van der Waals surface area contributed by atoms with E-state index in [0.717, 1.165) is 12.7 Å². The summed E-state index contributed by atoms with van der Waals surface area (Å²) in [5.41, 5.74) is 1.86. The quantitative estimate of drug-likeness (QED) is 0.680. The normalized spacial score (nSPS) is 11.7. The number of hydrogen-bond acceptors (Lipinski definition) is 2. The van der Waals surface area contributed by atoms with E-state index in [4.69, 9.17) is 5.26 Å². The first-order valence-corrected chi connectivity index (χ1v) is 4.71. The summed E-state index contributed by atoms with van der Waals surface area (Å²) < 4.78 is 0. The average molecular weight is 187 g/mol. The summed E-state index contributed by atoms with van der Waals surface area (Å²) in [5.74, 6) is 0.382. The van der Waals surface area contributed by atoms with Crippen LogP contribution < -0.4 is 0 Å². The largest absolute Gasteiger partial charge is 0.303 e. The molecule has 0 amide bonds. The Morgan fingerprint density at radius 3 is 2.57 bits per heavy atom. The summed E-state index contributed by atoms with van der Waals surface area (Å²) in [7, 11) is 0. The topological polar surface area (TPSA) is 40.9 Å². The van der Waals surface area contributed by atoms with Crippen LogP contribution in [0.15, 0.2) is 24.3 Å². The Balaban J connectivity index is 2.67. The molecule has 0 aliphatic carbocycles. The third kappa shape index (κ3) is 2.70. The second-order valence-corrected chi connectivity index (χ2v) is 3.38. The van der Waals surface area contributed by atoms with Gasteiger partial charge in [-0.2, -0.15) is 5.26 Å². The van der Waals surface area contributed by atoms with Crippen molar-refractivity contribution in [1.82, 2.24) is 0 Å². The molecule has 0 heterocycles. The maximum atomic E-state index is 10.2. The molecule has 0 saturated heterocycles. The summed E-state index contributed by atoms with van der Waals surface area (Å²) in [6.45, 7) is 2.09. The van der Waals surface area contributed by atoms with Gasteiger partial charge in [-0.05, 0) is 30.0 Å². The zero-order valence-electron chi connectivity index (χ0n) is 8.23. The van der Waals surface area contributed by atoms with Crippen LogP contribution in [-0.2, 0) is 4.79 Å². The minimum atomic E-state index is 0.382. The highest BCUT2D eigenvalue weighted by Crippen LogP contribution is 2.20. The summed E-state index contributed by atoms with van der Waals surface area (Å²) in [4.78, 5) is 10.2. The van der Waals surface area contributed by atoms with E-state index >= 15 is 0 Å². The van der Waals surface area contributed by atoms with Crippen LogP contribution in [0, 0.1) is 11.3 Å². The molecule has 0 radical (unpaired) electrons. The molecule has 0 N–H and O–H groups in total. The molecule has 72 valence electrons. The van der Waals surface area contributed by atoms with Crippen molar-refractivity contribution in [3.05, 3.63) is 35.4 Å². The molecule has 1 rings (SSSR count). The lowest BCUT2D eigenvalue weighted by molar-refractivity contribution is -0.108. The van der Waals surface area contributed by atoms with Crippen molar-refractivity contribution >= 4 is 6.29 Å². The number of carbonyl (C=O) groups is 1. The third-order valence-electron chi connectivity index (χ3n) is 2.33. The molecule has 0 spiro atoms. The van der Waals surface area contributed by atoms with E-state index in [0.29, 0.717) is 17.9 Å². The fourth-order valence-corrected chi connectivity index (χ4v) is 1.37. The van der Waals surface area contributed by atoms with Gasteiger partial charge in [0.15, 0.2) is 0 Å². The van der Waals surface area contributed by atoms with Crippen LogP contribution in [0.3, 0.4) is 0 Å². The molecular formula is C12H13NO. The van der Waals surface area contributed by atoms with Gasteiger partial charge in [-0.15, -0.1) is 0 Å². The summed E-state index contributed by atoms with van der Waals surface area (Å²) >= 11 is 0. The maximum Gasteiger partial charge on any atom is 0.120 e. The lowest BCUT2D eigenvalue weighted by Gasteiger charge is -2.09. The van der Waals surface area contributed by atoms with E-state index in [1.54, 1.807) is 0 Å². The minimum absolute atomic E-state index is 0.382. The van der Waals surface area contributed by atoms with Gasteiger partial charge in [0, 0.05) is 6.42 Å². The Labute approximate surface area is 84.2 Å². The van der Waals surface area contributed by atoms with Crippen LogP contribution >= 0.6 is 0 Å². The monoisotopic (exact) mass is 187 g/mol. The molecule has 14 heavy (non-hydrogen) atoms. The number of aldehydes is 1. The van der Waals surface area contributed by atoms with Crippen LogP contribution in [0.25, 0.3) is 0 Å². The van der Waals surface area contributed by atoms with Gasteiger partial charge in [0.1, 0.15) is 6.29 Å². The van der Waals surface area contributed by atoms with E-state index in [9.17, 15) is 4.79 Å². The van der Waals surface area contributed by atoms with Crippen LogP contribution in [0.2, 0.25) is 0 Å². The van der Waals surface area contributed by atoms with E-state index < -0.39 is 0 Å². The van der Waals surface area contributed by atoms with Gasteiger partial charge in [-0.25, -0.2) is 0 Å². The van der Waals surface area contributed by atoms with Crippen LogP contribution in [0.5, 0.6) is 0 Å². The van der Waals surface area contributed by atoms with Crippen LogP contribution in [-0.4, -0.2) is 6.29 Å². The Bertz CT molecular complexity index is 334. The van der Waals surface area contributed by atoms with Gasteiger partial charge in [0.05, 0.1) is 11.6 Å². The Morgan fingerprint density at radius 1 is 1.43 bits per heavy atom. The van der Waals surface area contributed by atoms with Crippen molar-refractivity contribution in [1.29, 1.82) is 5.26 Å². The summed E-state index contributed by atoms with van der Waals surface area (Å²) in [6.07, 6.45) is 2.41. The van der Waals surface area contributed by atoms with Gasteiger partial charge in [-0.1, -0.05) is 19.1 Å². The number of benzene rings is 1. The molecule has 1 aromatic carbocycles. The van der Waals surface area contributed by atoms with Crippen LogP contribution in [0.4, 0.5) is 0 Å². The molecule has 0 fully saturated rings. The van der Waals surface area contributed by atoms with Crippen molar-refractivity contribution < 1.29 is 4.79 Å². The van der Waals surface area contributed by atoms with Gasteiger partial charge in [-0.3, -0.25) is 0 Å². The molecule has 0 aromatic heterocycles. The Kier molecular flexibility index (Phi) is 3.87. The third-order valence-corrected chi connectivity index (χ3v) is 2.33. The van der Waals surface area contributed by atoms with Gasteiger partial charge in [0.25, 0.3) is 0 Å².